The summed E-state index contributed by atoms with van der Waals surface area (Å²) >= 11 is 1.54. The van der Waals surface area contributed by atoms with Gasteiger partial charge in [0.25, 0.3) is 5.22 Å². The summed E-state index contributed by atoms with van der Waals surface area (Å²) in [4.78, 5) is 18.0. The van der Waals surface area contributed by atoms with Gasteiger partial charge in [-0.2, -0.15) is 13.2 Å². The number of para-hydroxylation sites is 2. The van der Waals surface area contributed by atoms with Crippen LogP contribution in [0.1, 0.15) is 36.8 Å². The Kier molecular flexibility index (Phi) is 6.79. The highest BCUT2D eigenvalue weighted by atomic mass is 32.2. The molecule has 1 aliphatic carbocycles. The average molecular weight is 511 g/mol. The van der Waals surface area contributed by atoms with Crippen LogP contribution in [-0.2, 0) is 10.2 Å². The number of halogens is 3. The van der Waals surface area contributed by atoms with Crippen molar-refractivity contribution in [3.63, 3.8) is 0 Å². The van der Waals surface area contributed by atoms with E-state index in [-0.39, 0.29) is 0 Å². The number of rotatable bonds is 9. The molecular weight excluding hydrogens is 485 g/mol. The van der Waals surface area contributed by atoms with E-state index in [0.29, 0.717) is 18.1 Å². The molecule has 0 aliphatic heterocycles. The van der Waals surface area contributed by atoms with E-state index in [1.54, 1.807) is 11.8 Å². The lowest BCUT2D eigenvalue weighted by Crippen LogP contribution is -2.47. The van der Waals surface area contributed by atoms with Crippen molar-refractivity contribution in [2.45, 2.75) is 42.5 Å². The molecular formula is C28H25F3N2O2S. The van der Waals surface area contributed by atoms with Crippen LogP contribution in [0.4, 0.5) is 13.2 Å². The maximum atomic E-state index is 13.5. The van der Waals surface area contributed by atoms with Crippen LogP contribution < -0.4 is 5.32 Å². The monoisotopic (exact) mass is 510 g/mol. The smallest absolute Gasteiger partial charge is 0.405 e. The van der Waals surface area contributed by atoms with Gasteiger partial charge in [0.1, 0.15) is 17.5 Å². The van der Waals surface area contributed by atoms with Crippen LogP contribution in [0.3, 0.4) is 0 Å². The predicted molar refractivity (Wildman–Crippen MR) is 135 cm³/mol. The second-order valence-electron chi connectivity index (χ2n) is 8.90. The number of alkyl halides is 3. The van der Waals surface area contributed by atoms with Gasteiger partial charge in [0, 0.05) is 5.75 Å². The molecule has 0 fully saturated rings. The van der Waals surface area contributed by atoms with Gasteiger partial charge in [0.15, 0.2) is 5.58 Å². The third-order valence-corrected chi connectivity index (χ3v) is 7.51. The van der Waals surface area contributed by atoms with Crippen LogP contribution in [0.5, 0.6) is 0 Å². The van der Waals surface area contributed by atoms with Crippen LogP contribution in [0.15, 0.2) is 82.4 Å². The molecule has 8 heteroatoms. The number of fused-ring (bicyclic) bond motifs is 4. The zero-order valence-corrected chi connectivity index (χ0v) is 20.3. The van der Waals surface area contributed by atoms with Gasteiger partial charge in [0.05, 0.1) is 0 Å². The van der Waals surface area contributed by atoms with Crippen molar-refractivity contribution in [1.29, 1.82) is 0 Å². The number of hydrogen-bond acceptors (Lipinski definition) is 4. The summed E-state index contributed by atoms with van der Waals surface area (Å²) in [5, 5.41) is 2.81. The van der Waals surface area contributed by atoms with E-state index in [9.17, 15) is 18.0 Å². The molecule has 1 heterocycles. The number of nitrogens with zero attached hydrogens (tertiary/aromatic N) is 1. The van der Waals surface area contributed by atoms with E-state index in [2.05, 4.69) is 10.3 Å². The zero-order valence-electron chi connectivity index (χ0n) is 19.5. The minimum atomic E-state index is -4.48. The second kappa shape index (κ2) is 10.0. The Balaban J connectivity index is 1.30. The molecule has 0 bridgehead atoms. The van der Waals surface area contributed by atoms with Crippen molar-refractivity contribution >= 4 is 28.8 Å². The van der Waals surface area contributed by atoms with E-state index in [1.165, 1.54) is 0 Å². The summed E-state index contributed by atoms with van der Waals surface area (Å²) in [5.41, 5.74) is 3.78. The molecule has 4 aromatic rings. The predicted octanol–water partition coefficient (Wildman–Crippen LogP) is 7.13. The lowest BCUT2D eigenvalue weighted by molar-refractivity contribution is -0.141. The second-order valence-corrected chi connectivity index (χ2v) is 9.95. The molecule has 5 rings (SSSR count). The minimum absolute atomic E-state index is 0.429. The van der Waals surface area contributed by atoms with Crippen molar-refractivity contribution in [1.82, 2.24) is 10.3 Å². The van der Waals surface area contributed by atoms with Gasteiger partial charge in [-0.05, 0) is 47.2 Å². The van der Waals surface area contributed by atoms with Crippen molar-refractivity contribution < 1.29 is 22.4 Å². The maximum absolute atomic E-state index is 13.5. The molecule has 0 unspecified atom stereocenters. The Morgan fingerprint density at radius 1 is 0.889 bits per heavy atom. The fourth-order valence-electron chi connectivity index (χ4n) is 5.03. The Morgan fingerprint density at radius 2 is 1.53 bits per heavy atom. The van der Waals surface area contributed by atoms with Crippen molar-refractivity contribution in [2.24, 2.45) is 0 Å². The van der Waals surface area contributed by atoms with Crippen LogP contribution in [0.25, 0.3) is 22.2 Å². The molecule has 36 heavy (non-hydrogen) atoms. The summed E-state index contributed by atoms with van der Waals surface area (Å²) in [6.07, 6.45) is -1.66. The molecule has 0 saturated carbocycles. The summed E-state index contributed by atoms with van der Waals surface area (Å²) in [5.74, 6) is 0.200. The number of hydrogen-bond donors (Lipinski definition) is 1. The zero-order chi connectivity index (χ0) is 25.2. The van der Waals surface area contributed by atoms with Gasteiger partial charge in [0.2, 0.25) is 5.91 Å². The van der Waals surface area contributed by atoms with E-state index < -0.39 is 24.0 Å². The molecule has 1 N–H and O–H groups in total. The number of aromatic nitrogens is 1. The number of carbonyl (C=O) groups excluding carboxylic acids is 1. The first-order chi connectivity index (χ1) is 17.4. The normalized spacial score (nSPS) is 14.0. The number of amides is 1. The van der Waals surface area contributed by atoms with Gasteiger partial charge < -0.3 is 9.73 Å². The Morgan fingerprint density at radius 3 is 2.19 bits per heavy atom. The van der Waals surface area contributed by atoms with Crippen LogP contribution >= 0.6 is 11.8 Å². The third-order valence-electron chi connectivity index (χ3n) is 6.60. The molecule has 1 aromatic heterocycles. The highest BCUT2D eigenvalue weighted by molar-refractivity contribution is 7.99. The number of nitrogens with one attached hydrogen (secondary N) is 1. The van der Waals surface area contributed by atoms with E-state index >= 15 is 0 Å². The highest BCUT2D eigenvalue weighted by Crippen LogP contribution is 2.51. The maximum Gasteiger partial charge on any atom is 0.405 e. The van der Waals surface area contributed by atoms with Crippen molar-refractivity contribution in [3.8, 4) is 11.1 Å². The van der Waals surface area contributed by atoms with Crippen LogP contribution in [-0.4, -0.2) is 29.4 Å². The first-order valence-corrected chi connectivity index (χ1v) is 12.9. The molecule has 1 aliphatic rings. The minimum Gasteiger partial charge on any atom is -0.431 e. The number of oxazole rings is 1. The average Bonchev–Trinajstić information content (AvgIpc) is 3.42. The van der Waals surface area contributed by atoms with E-state index in [4.69, 9.17) is 4.42 Å². The SMILES string of the molecule is O=C(NCC(F)(F)F)C1(CCCCCSc2nc3ccccc3o2)c2ccccc2-c2ccccc21. The summed E-state index contributed by atoms with van der Waals surface area (Å²) in [6, 6.07) is 22.7. The molecule has 0 spiro atoms. The van der Waals surface area contributed by atoms with Gasteiger partial charge in [-0.3, -0.25) is 4.79 Å². The fraction of sp³-hybridized carbons (Fsp3) is 0.286. The highest BCUT2D eigenvalue weighted by Gasteiger charge is 2.49. The van der Waals surface area contributed by atoms with Gasteiger partial charge in [-0.1, -0.05) is 85.3 Å². The first-order valence-electron chi connectivity index (χ1n) is 11.9. The van der Waals surface area contributed by atoms with E-state index in [0.717, 1.165) is 51.9 Å². The Labute approximate surface area is 211 Å². The van der Waals surface area contributed by atoms with Crippen LogP contribution in [0.2, 0.25) is 0 Å². The number of thioether (sulfide) groups is 1. The topological polar surface area (TPSA) is 55.1 Å². The summed E-state index contributed by atoms with van der Waals surface area (Å²) in [7, 11) is 0. The van der Waals surface area contributed by atoms with Gasteiger partial charge >= 0.3 is 6.18 Å². The standard InChI is InChI=1S/C28H25F3N2O2S/c29-28(30,31)18-32-25(34)27(21-12-4-2-10-19(21)20-11-3-5-13-22(20)27)16-8-1-9-17-36-26-33-23-14-6-7-15-24(23)35-26/h2-7,10-15H,1,8-9,16-18H2,(H,32,34). The quantitative estimate of drug-likeness (QED) is 0.192. The lowest BCUT2D eigenvalue weighted by atomic mass is 9.73. The fourth-order valence-corrected chi connectivity index (χ4v) is 5.86. The Hall–Kier alpha value is -3.26. The molecule has 0 atom stereocenters. The van der Waals surface area contributed by atoms with E-state index in [1.807, 2.05) is 72.8 Å². The molecule has 4 nitrogen and oxygen atoms in total. The molecule has 186 valence electrons. The van der Waals surface area contributed by atoms with Crippen molar-refractivity contribution in [3.05, 3.63) is 83.9 Å². The van der Waals surface area contributed by atoms with Crippen molar-refractivity contribution in [2.75, 3.05) is 12.3 Å². The van der Waals surface area contributed by atoms with Gasteiger partial charge in [-0.25, -0.2) is 4.98 Å². The molecule has 0 saturated heterocycles. The number of unbranched alkanes of at least 4 members (excludes halogenated alkanes) is 2. The van der Waals surface area contributed by atoms with Gasteiger partial charge in [-0.15, -0.1) is 0 Å². The first kappa shape index (κ1) is 24.4. The van der Waals surface area contributed by atoms with Crippen LogP contribution in [0, 0.1) is 0 Å². The molecule has 1 amide bonds. The Bertz CT molecular complexity index is 1300. The largest absolute Gasteiger partial charge is 0.431 e. The lowest BCUT2D eigenvalue weighted by Gasteiger charge is -2.31. The molecule has 0 radical (unpaired) electrons. The number of carbonyl (C=O) groups is 1. The molecule has 3 aromatic carbocycles. The summed E-state index contributed by atoms with van der Waals surface area (Å²) < 4.78 is 44.7. The summed E-state index contributed by atoms with van der Waals surface area (Å²) in [6.45, 7) is -1.35. The number of benzene rings is 3. The third kappa shape index (κ3) is 4.74.